The van der Waals surface area contributed by atoms with E-state index >= 15 is 0 Å². The van der Waals surface area contributed by atoms with Crippen LogP contribution in [0.2, 0.25) is 0 Å². The highest BCUT2D eigenvalue weighted by atomic mass is 16.2. The monoisotopic (exact) mass is 305 g/mol. The van der Waals surface area contributed by atoms with Crippen LogP contribution in [0.3, 0.4) is 0 Å². The van der Waals surface area contributed by atoms with Crippen LogP contribution in [0.15, 0.2) is 12.7 Å². The molecule has 1 aromatic rings. The van der Waals surface area contributed by atoms with E-state index in [0.717, 1.165) is 45.3 Å². The number of nitrogens with one attached hydrogen (secondary N) is 1. The predicted molar refractivity (Wildman–Crippen MR) is 84.2 cm³/mol. The molecule has 6 heteroatoms. The molecule has 0 radical (unpaired) electrons. The van der Waals surface area contributed by atoms with E-state index in [4.69, 9.17) is 0 Å². The van der Waals surface area contributed by atoms with Gasteiger partial charge in [0.2, 0.25) is 5.91 Å². The third kappa shape index (κ3) is 3.85. The van der Waals surface area contributed by atoms with Gasteiger partial charge in [0.25, 0.3) is 0 Å². The second-order valence-electron chi connectivity index (χ2n) is 6.77. The first-order valence-corrected chi connectivity index (χ1v) is 8.59. The summed E-state index contributed by atoms with van der Waals surface area (Å²) in [6.45, 7) is 4.82. The summed E-state index contributed by atoms with van der Waals surface area (Å²) in [5.74, 6) is 0.724. The van der Waals surface area contributed by atoms with E-state index in [0.29, 0.717) is 23.9 Å². The Labute approximate surface area is 132 Å². The molecule has 2 aliphatic rings. The number of rotatable bonds is 5. The zero-order valence-corrected chi connectivity index (χ0v) is 13.4. The second kappa shape index (κ2) is 7.22. The average molecular weight is 305 g/mol. The van der Waals surface area contributed by atoms with Crippen LogP contribution in [-0.2, 0) is 11.3 Å². The largest absolute Gasteiger partial charge is 0.342 e. The molecule has 0 unspecified atom stereocenters. The van der Waals surface area contributed by atoms with Gasteiger partial charge >= 0.3 is 0 Å². The Hall–Kier alpha value is -1.43. The molecular weight excluding hydrogens is 278 g/mol. The molecule has 122 valence electrons. The second-order valence-corrected chi connectivity index (χ2v) is 6.77. The minimum atomic E-state index is 0.316. The third-order valence-corrected chi connectivity index (χ3v) is 4.96. The molecule has 2 fully saturated rings. The van der Waals surface area contributed by atoms with Crippen molar-refractivity contribution in [1.82, 2.24) is 25.0 Å². The first-order chi connectivity index (χ1) is 10.7. The van der Waals surface area contributed by atoms with E-state index in [1.807, 2.05) is 4.68 Å². The number of amides is 1. The topological polar surface area (TPSA) is 63.1 Å². The van der Waals surface area contributed by atoms with Crippen molar-refractivity contribution in [1.29, 1.82) is 0 Å². The molecule has 1 aliphatic carbocycles. The zero-order chi connectivity index (χ0) is 15.4. The molecule has 1 aromatic heterocycles. The zero-order valence-electron chi connectivity index (χ0n) is 13.4. The average Bonchev–Trinajstić information content (AvgIpc) is 3.20. The molecule has 1 amide bonds. The summed E-state index contributed by atoms with van der Waals surface area (Å²) in [5.41, 5.74) is 0. The van der Waals surface area contributed by atoms with Gasteiger partial charge in [-0.05, 0) is 32.6 Å². The fourth-order valence-corrected chi connectivity index (χ4v) is 3.76. The standard InChI is InChI=1S/C16H27N5O/c1-13(10-21-12-17-11-18-21)19-15-6-8-20(9-7-15)16(22)14-4-2-3-5-14/h11-15,19H,2-10H2,1H3/t13-/m1/s1. The maximum Gasteiger partial charge on any atom is 0.225 e. The number of hydrogen-bond donors (Lipinski definition) is 1. The molecule has 1 aliphatic heterocycles. The molecule has 1 saturated carbocycles. The third-order valence-electron chi connectivity index (χ3n) is 4.96. The van der Waals surface area contributed by atoms with Crippen LogP contribution in [0.25, 0.3) is 0 Å². The van der Waals surface area contributed by atoms with Crippen LogP contribution in [0, 0.1) is 5.92 Å². The molecule has 0 spiro atoms. The number of likely N-dealkylation sites (tertiary alicyclic amines) is 1. The Morgan fingerprint density at radius 3 is 2.64 bits per heavy atom. The Kier molecular flexibility index (Phi) is 5.08. The highest BCUT2D eigenvalue weighted by Gasteiger charge is 2.30. The SMILES string of the molecule is C[C@H](Cn1cncn1)NC1CCN(C(=O)C2CCCC2)CC1. The van der Waals surface area contributed by atoms with Gasteiger partial charge in [0, 0.05) is 31.1 Å². The van der Waals surface area contributed by atoms with E-state index < -0.39 is 0 Å². The summed E-state index contributed by atoms with van der Waals surface area (Å²) < 4.78 is 1.86. The molecule has 0 bridgehead atoms. The van der Waals surface area contributed by atoms with Gasteiger partial charge < -0.3 is 10.2 Å². The van der Waals surface area contributed by atoms with E-state index in [1.54, 1.807) is 12.7 Å². The quantitative estimate of drug-likeness (QED) is 0.894. The van der Waals surface area contributed by atoms with E-state index in [1.165, 1.54) is 12.8 Å². The molecule has 1 N–H and O–H groups in total. The van der Waals surface area contributed by atoms with Crippen LogP contribution in [0.1, 0.15) is 45.4 Å². The van der Waals surface area contributed by atoms with Gasteiger partial charge in [-0.2, -0.15) is 5.10 Å². The molecule has 6 nitrogen and oxygen atoms in total. The molecule has 3 rings (SSSR count). The van der Waals surface area contributed by atoms with Gasteiger partial charge in [0.15, 0.2) is 0 Å². The van der Waals surface area contributed by atoms with Gasteiger partial charge in [0.1, 0.15) is 12.7 Å². The van der Waals surface area contributed by atoms with Crippen molar-refractivity contribution in [3.05, 3.63) is 12.7 Å². The summed E-state index contributed by atoms with van der Waals surface area (Å²) in [6, 6.07) is 0.870. The van der Waals surface area contributed by atoms with Crippen LogP contribution < -0.4 is 5.32 Å². The summed E-state index contributed by atoms with van der Waals surface area (Å²) in [5, 5.41) is 7.80. The molecule has 1 saturated heterocycles. The lowest BCUT2D eigenvalue weighted by atomic mass is 10.0. The predicted octanol–water partition coefficient (Wildman–Crippen LogP) is 1.44. The fraction of sp³-hybridized carbons (Fsp3) is 0.812. The lowest BCUT2D eigenvalue weighted by molar-refractivity contribution is -0.136. The van der Waals surface area contributed by atoms with Gasteiger partial charge in [-0.25, -0.2) is 4.98 Å². The maximum atomic E-state index is 12.4. The molecule has 2 heterocycles. The van der Waals surface area contributed by atoms with Crippen molar-refractivity contribution in [3.8, 4) is 0 Å². The first kappa shape index (κ1) is 15.5. The van der Waals surface area contributed by atoms with Crippen LogP contribution in [0.5, 0.6) is 0 Å². The number of hydrogen-bond acceptors (Lipinski definition) is 4. The summed E-state index contributed by atoms with van der Waals surface area (Å²) >= 11 is 0. The minimum absolute atomic E-state index is 0.316. The van der Waals surface area contributed by atoms with Crippen LogP contribution >= 0.6 is 0 Å². The van der Waals surface area contributed by atoms with Gasteiger partial charge in [-0.1, -0.05) is 12.8 Å². The Balaban J connectivity index is 1.40. The molecule has 0 aromatic carbocycles. The van der Waals surface area contributed by atoms with Crippen LogP contribution in [-0.4, -0.2) is 50.7 Å². The van der Waals surface area contributed by atoms with E-state index in [2.05, 4.69) is 27.2 Å². The fourth-order valence-electron chi connectivity index (χ4n) is 3.76. The van der Waals surface area contributed by atoms with Crippen molar-refractivity contribution < 1.29 is 4.79 Å². The number of carbonyl (C=O) groups excluding carboxylic acids is 1. The minimum Gasteiger partial charge on any atom is -0.342 e. The number of nitrogens with zero attached hydrogens (tertiary/aromatic N) is 4. The Bertz CT molecular complexity index is 461. The highest BCUT2D eigenvalue weighted by Crippen LogP contribution is 2.27. The maximum absolute atomic E-state index is 12.4. The Morgan fingerprint density at radius 2 is 2.00 bits per heavy atom. The lowest BCUT2D eigenvalue weighted by Crippen LogP contribution is -2.49. The molecule has 22 heavy (non-hydrogen) atoms. The van der Waals surface area contributed by atoms with Crippen molar-refractivity contribution >= 4 is 5.91 Å². The highest BCUT2D eigenvalue weighted by molar-refractivity contribution is 5.79. The van der Waals surface area contributed by atoms with Crippen LogP contribution in [0.4, 0.5) is 0 Å². The van der Waals surface area contributed by atoms with Gasteiger partial charge in [0.05, 0.1) is 6.54 Å². The van der Waals surface area contributed by atoms with Crippen molar-refractivity contribution in [3.63, 3.8) is 0 Å². The van der Waals surface area contributed by atoms with E-state index in [-0.39, 0.29) is 0 Å². The normalized spacial score (nSPS) is 22.1. The van der Waals surface area contributed by atoms with Crippen molar-refractivity contribution in [2.24, 2.45) is 5.92 Å². The smallest absolute Gasteiger partial charge is 0.225 e. The summed E-state index contributed by atoms with van der Waals surface area (Å²) in [4.78, 5) is 18.5. The first-order valence-electron chi connectivity index (χ1n) is 8.59. The van der Waals surface area contributed by atoms with Crippen molar-refractivity contribution in [2.75, 3.05) is 13.1 Å². The van der Waals surface area contributed by atoms with Gasteiger partial charge in [-0.3, -0.25) is 9.48 Å². The van der Waals surface area contributed by atoms with E-state index in [9.17, 15) is 4.79 Å². The summed E-state index contributed by atoms with van der Waals surface area (Å²) in [6.07, 6.45) is 10.1. The number of piperidine rings is 1. The number of aromatic nitrogens is 3. The van der Waals surface area contributed by atoms with Crippen molar-refractivity contribution in [2.45, 2.75) is 64.1 Å². The Morgan fingerprint density at radius 1 is 1.27 bits per heavy atom. The van der Waals surface area contributed by atoms with Gasteiger partial charge in [-0.15, -0.1) is 0 Å². The number of carbonyl (C=O) groups is 1. The summed E-state index contributed by atoms with van der Waals surface area (Å²) in [7, 11) is 0. The molecule has 1 atom stereocenters. The molecular formula is C16H27N5O. The lowest BCUT2D eigenvalue weighted by Gasteiger charge is -2.35.